The van der Waals surface area contributed by atoms with Crippen molar-refractivity contribution >= 4 is 17.0 Å². The number of nitrogens with two attached hydrogens (primary N) is 1. The molecule has 0 spiro atoms. The summed E-state index contributed by atoms with van der Waals surface area (Å²) in [6.07, 6.45) is 4.46. The average Bonchev–Trinajstić information content (AvgIpc) is 3.39. The third-order valence-corrected chi connectivity index (χ3v) is 5.57. The fourth-order valence-corrected chi connectivity index (χ4v) is 3.93. The number of hydrogen-bond acceptors (Lipinski definition) is 9. The van der Waals surface area contributed by atoms with Crippen molar-refractivity contribution in [2.45, 2.75) is 43.6 Å². The molecule has 2 aromatic heterocycles. The van der Waals surface area contributed by atoms with Gasteiger partial charge in [-0.05, 0) is 18.8 Å². The van der Waals surface area contributed by atoms with Gasteiger partial charge in [-0.2, -0.15) is 9.97 Å². The molecular weight excluding hydrogens is 354 g/mol. The van der Waals surface area contributed by atoms with Crippen LogP contribution in [0.3, 0.4) is 0 Å². The molecule has 2 aliphatic rings. The third kappa shape index (κ3) is 3.02. The Hall–Kier alpha value is -2.01. The van der Waals surface area contributed by atoms with Gasteiger partial charge in [0.25, 0.3) is 0 Å². The van der Waals surface area contributed by atoms with E-state index in [1.807, 2.05) is 0 Å². The molecule has 4 N–H and O–H groups in total. The summed E-state index contributed by atoms with van der Waals surface area (Å²) in [5.41, 5.74) is 5.25. The molecule has 3 heterocycles. The normalized spacial score (nSPS) is 29.0. The van der Waals surface area contributed by atoms with Gasteiger partial charge < -0.3 is 30.2 Å². The highest BCUT2D eigenvalue weighted by Gasteiger charge is 2.52. The van der Waals surface area contributed by atoms with Gasteiger partial charge in [-0.3, -0.25) is 4.57 Å². The first-order valence-electron chi connectivity index (χ1n) is 9.18. The van der Waals surface area contributed by atoms with Crippen LogP contribution in [0.25, 0.3) is 11.2 Å². The Bertz CT molecular complexity index is 808. The smallest absolute Gasteiger partial charge is 0.320 e. The summed E-state index contributed by atoms with van der Waals surface area (Å²) < 4.78 is 18.2. The van der Waals surface area contributed by atoms with Crippen LogP contribution in [-0.4, -0.2) is 68.9 Å². The van der Waals surface area contributed by atoms with E-state index in [1.54, 1.807) is 0 Å². The highest BCUT2D eigenvalue weighted by atomic mass is 16.6. The number of nitrogens with zero attached hydrogens (tertiary/aromatic N) is 4. The molecule has 1 aliphatic heterocycles. The van der Waals surface area contributed by atoms with E-state index in [0.717, 1.165) is 12.8 Å². The van der Waals surface area contributed by atoms with Gasteiger partial charge in [0.05, 0.1) is 26.1 Å². The van der Waals surface area contributed by atoms with E-state index in [9.17, 15) is 10.2 Å². The monoisotopic (exact) mass is 379 g/mol. The SMILES string of the molecule is COC1COC(CO)(n2cnc3c(N)nc(OCC4CCCC4)nc32)C1O. The summed E-state index contributed by atoms with van der Waals surface area (Å²) in [7, 11) is 1.48. The second kappa shape index (κ2) is 7.19. The minimum Gasteiger partial charge on any atom is -0.463 e. The van der Waals surface area contributed by atoms with Gasteiger partial charge in [-0.1, -0.05) is 12.8 Å². The molecule has 3 unspecified atom stereocenters. The van der Waals surface area contributed by atoms with Crippen LogP contribution in [0.5, 0.6) is 6.01 Å². The molecule has 2 fully saturated rings. The lowest BCUT2D eigenvalue weighted by molar-refractivity contribution is -0.150. The molecule has 0 aromatic carbocycles. The molecule has 1 saturated heterocycles. The van der Waals surface area contributed by atoms with Gasteiger partial charge in [0.1, 0.15) is 12.2 Å². The highest BCUT2D eigenvalue weighted by Crippen LogP contribution is 2.35. The Labute approximate surface area is 156 Å². The summed E-state index contributed by atoms with van der Waals surface area (Å²) in [5, 5.41) is 20.7. The number of anilines is 1. The number of ether oxygens (including phenoxy) is 3. The molecule has 4 rings (SSSR count). The van der Waals surface area contributed by atoms with Crippen LogP contribution in [0.2, 0.25) is 0 Å². The fourth-order valence-electron chi connectivity index (χ4n) is 3.93. The number of aromatic nitrogens is 4. The number of hydrogen-bond donors (Lipinski definition) is 3. The first kappa shape index (κ1) is 18.4. The van der Waals surface area contributed by atoms with Gasteiger partial charge in [0, 0.05) is 7.11 Å². The van der Waals surface area contributed by atoms with E-state index < -0.39 is 24.5 Å². The summed E-state index contributed by atoms with van der Waals surface area (Å²) in [6, 6.07) is 0.150. The first-order chi connectivity index (χ1) is 13.1. The van der Waals surface area contributed by atoms with Crippen molar-refractivity contribution in [2.75, 3.05) is 32.7 Å². The molecule has 1 saturated carbocycles. The topological polar surface area (TPSA) is 138 Å². The van der Waals surface area contributed by atoms with E-state index in [2.05, 4.69) is 15.0 Å². The van der Waals surface area contributed by atoms with Crippen molar-refractivity contribution in [2.24, 2.45) is 5.92 Å². The minimum atomic E-state index is -1.46. The molecule has 0 amide bonds. The number of nitrogen functional groups attached to an aromatic ring is 1. The van der Waals surface area contributed by atoms with Crippen LogP contribution in [0, 0.1) is 5.92 Å². The molecule has 0 bridgehead atoms. The van der Waals surface area contributed by atoms with Crippen LogP contribution in [-0.2, 0) is 15.2 Å². The van der Waals surface area contributed by atoms with Gasteiger partial charge in [0.2, 0.25) is 0 Å². The Balaban J connectivity index is 1.68. The van der Waals surface area contributed by atoms with Crippen LogP contribution < -0.4 is 10.5 Å². The zero-order valence-corrected chi connectivity index (χ0v) is 15.2. The van der Waals surface area contributed by atoms with Gasteiger partial charge >= 0.3 is 6.01 Å². The molecule has 148 valence electrons. The predicted octanol–water partition coefficient (Wildman–Crippen LogP) is 0.0287. The minimum absolute atomic E-state index is 0.128. The molecule has 1 aliphatic carbocycles. The maximum absolute atomic E-state index is 10.7. The van der Waals surface area contributed by atoms with Crippen molar-refractivity contribution in [3.8, 4) is 6.01 Å². The number of imidazole rings is 1. The zero-order chi connectivity index (χ0) is 19.0. The maximum Gasteiger partial charge on any atom is 0.320 e. The first-order valence-corrected chi connectivity index (χ1v) is 9.18. The van der Waals surface area contributed by atoms with Crippen molar-refractivity contribution in [3.63, 3.8) is 0 Å². The Morgan fingerprint density at radius 2 is 2.15 bits per heavy atom. The van der Waals surface area contributed by atoms with Gasteiger partial charge in [0.15, 0.2) is 22.7 Å². The van der Waals surface area contributed by atoms with E-state index in [4.69, 9.17) is 19.9 Å². The lowest BCUT2D eigenvalue weighted by atomic mass is 10.1. The van der Waals surface area contributed by atoms with Crippen LogP contribution in [0.4, 0.5) is 5.82 Å². The van der Waals surface area contributed by atoms with E-state index in [1.165, 1.54) is 30.8 Å². The number of aliphatic hydroxyl groups excluding tert-OH is 2. The fraction of sp³-hybridized carbons (Fsp3) is 0.706. The molecular formula is C17H25N5O5. The van der Waals surface area contributed by atoms with E-state index in [0.29, 0.717) is 23.7 Å². The summed E-state index contributed by atoms with van der Waals surface area (Å²) in [6.45, 7) is 0.181. The highest BCUT2D eigenvalue weighted by molar-refractivity contribution is 5.82. The lowest BCUT2D eigenvalue weighted by Gasteiger charge is -2.31. The molecule has 0 radical (unpaired) electrons. The van der Waals surface area contributed by atoms with Crippen molar-refractivity contribution in [3.05, 3.63) is 6.33 Å². The number of aliphatic hydroxyl groups is 2. The molecule has 10 nitrogen and oxygen atoms in total. The molecule has 2 aromatic rings. The predicted molar refractivity (Wildman–Crippen MR) is 95.0 cm³/mol. The van der Waals surface area contributed by atoms with E-state index in [-0.39, 0.29) is 18.4 Å². The quantitative estimate of drug-likeness (QED) is 0.634. The Morgan fingerprint density at radius 1 is 1.37 bits per heavy atom. The summed E-state index contributed by atoms with van der Waals surface area (Å²) in [4.78, 5) is 12.8. The van der Waals surface area contributed by atoms with Crippen molar-refractivity contribution in [1.82, 2.24) is 19.5 Å². The van der Waals surface area contributed by atoms with Gasteiger partial charge in [-0.15, -0.1) is 0 Å². The second-order valence-electron chi connectivity index (χ2n) is 7.17. The number of methoxy groups -OCH3 is 1. The van der Waals surface area contributed by atoms with Crippen LogP contribution in [0.1, 0.15) is 25.7 Å². The Kier molecular flexibility index (Phi) is 4.89. The van der Waals surface area contributed by atoms with Crippen LogP contribution >= 0.6 is 0 Å². The Morgan fingerprint density at radius 3 is 2.81 bits per heavy atom. The number of rotatable bonds is 6. The van der Waals surface area contributed by atoms with Crippen LogP contribution in [0.15, 0.2) is 6.33 Å². The molecule has 27 heavy (non-hydrogen) atoms. The average molecular weight is 379 g/mol. The summed E-state index contributed by atoms with van der Waals surface area (Å²) >= 11 is 0. The number of fused-ring (bicyclic) bond motifs is 1. The third-order valence-electron chi connectivity index (χ3n) is 5.57. The van der Waals surface area contributed by atoms with Gasteiger partial charge in [-0.25, -0.2) is 4.98 Å². The standard InChI is InChI=1S/C17H25N5O5/c1-25-11-7-27-17(8-23,13(11)24)22-9-19-12-14(18)20-16(21-15(12)22)26-6-10-4-2-3-5-10/h9-11,13,23-24H,2-8H2,1H3,(H2,18,20,21). The largest absolute Gasteiger partial charge is 0.463 e. The lowest BCUT2D eigenvalue weighted by Crippen LogP contribution is -2.48. The molecule has 3 atom stereocenters. The summed E-state index contributed by atoms with van der Waals surface area (Å²) in [5.74, 6) is 0.672. The second-order valence-corrected chi connectivity index (χ2v) is 7.17. The maximum atomic E-state index is 10.7. The zero-order valence-electron chi connectivity index (χ0n) is 15.2. The van der Waals surface area contributed by atoms with Crippen molar-refractivity contribution < 1.29 is 24.4 Å². The molecule has 10 heteroatoms. The van der Waals surface area contributed by atoms with Crippen molar-refractivity contribution in [1.29, 1.82) is 0 Å². The van der Waals surface area contributed by atoms with E-state index >= 15 is 0 Å².